The van der Waals surface area contributed by atoms with Crippen molar-refractivity contribution in [1.82, 2.24) is 9.78 Å². The van der Waals surface area contributed by atoms with E-state index in [2.05, 4.69) is 25.0 Å². The first-order chi connectivity index (χ1) is 15.2. The molecule has 4 heteroatoms. The summed E-state index contributed by atoms with van der Waals surface area (Å²) >= 11 is 0. The van der Waals surface area contributed by atoms with Crippen molar-refractivity contribution in [3.63, 3.8) is 0 Å². The van der Waals surface area contributed by atoms with E-state index >= 15 is 0 Å². The van der Waals surface area contributed by atoms with Gasteiger partial charge in [-0.3, -0.25) is 9.48 Å². The van der Waals surface area contributed by atoms with Crippen LogP contribution in [0, 0.1) is 58.2 Å². The van der Waals surface area contributed by atoms with Gasteiger partial charge >= 0.3 is 0 Å². The first-order valence-corrected chi connectivity index (χ1v) is 13.2. The van der Waals surface area contributed by atoms with Crippen molar-refractivity contribution in [2.75, 3.05) is 0 Å². The zero-order valence-corrected chi connectivity index (χ0v) is 20.5. The number of carbonyl (C=O) groups excluding carboxylic acids is 1. The highest BCUT2D eigenvalue weighted by molar-refractivity contribution is 5.86. The number of hydrogen-bond acceptors (Lipinski definition) is 3. The Morgan fingerprint density at radius 1 is 1.16 bits per heavy atom. The van der Waals surface area contributed by atoms with Crippen LogP contribution in [0.3, 0.4) is 0 Å². The fourth-order valence-electron chi connectivity index (χ4n) is 8.82. The predicted octanol–water partition coefficient (Wildman–Crippen LogP) is 6.35. The Hall–Kier alpha value is -1.63. The van der Waals surface area contributed by atoms with Crippen molar-refractivity contribution in [3.05, 3.63) is 18.0 Å². The summed E-state index contributed by atoms with van der Waals surface area (Å²) in [5.41, 5.74) is 0.145. The molecule has 0 spiro atoms. The van der Waals surface area contributed by atoms with Crippen molar-refractivity contribution in [3.8, 4) is 6.07 Å². The summed E-state index contributed by atoms with van der Waals surface area (Å²) in [6.07, 6.45) is 16.5. The molecule has 0 radical (unpaired) electrons. The third-order valence-electron chi connectivity index (χ3n) is 10.8. The number of nitriles is 1. The highest BCUT2D eigenvalue weighted by Crippen LogP contribution is 2.65. The lowest BCUT2D eigenvalue weighted by Crippen LogP contribution is -2.49. The minimum absolute atomic E-state index is 0.268. The van der Waals surface area contributed by atoms with E-state index in [1.165, 1.54) is 57.8 Å². The maximum atomic E-state index is 13.5. The maximum Gasteiger partial charge on any atom is 0.160 e. The standard InChI is InChI=1S/C28H41N3O/c1-18-5-8-22-20(13-18)6-9-24-23(22)11-12-28(4)21(7-10-25(24)28)14-26(32)27(2,3)31-17-19(15-29)16-30-31/h16-18,20-25H,5-14H2,1-4H3. The molecule has 0 amide bonds. The lowest BCUT2D eigenvalue weighted by atomic mass is 9.49. The predicted molar refractivity (Wildman–Crippen MR) is 126 cm³/mol. The van der Waals surface area contributed by atoms with E-state index in [9.17, 15) is 4.79 Å². The third-order valence-corrected chi connectivity index (χ3v) is 10.8. The smallest absolute Gasteiger partial charge is 0.160 e. The monoisotopic (exact) mass is 435 g/mol. The highest BCUT2D eigenvalue weighted by atomic mass is 16.1. The molecule has 4 nitrogen and oxygen atoms in total. The molecule has 4 aliphatic rings. The van der Waals surface area contributed by atoms with E-state index in [1.807, 2.05) is 13.8 Å². The van der Waals surface area contributed by atoms with Crippen LogP contribution >= 0.6 is 0 Å². The number of hydrogen-bond donors (Lipinski definition) is 0. The molecule has 0 aromatic carbocycles. The fourth-order valence-corrected chi connectivity index (χ4v) is 8.82. The van der Waals surface area contributed by atoms with Crippen molar-refractivity contribution in [2.24, 2.45) is 46.8 Å². The zero-order valence-electron chi connectivity index (χ0n) is 20.5. The van der Waals surface area contributed by atoms with Gasteiger partial charge in [0.2, 0.25) is 0 Å². The number of Topliss-reactive ketones (excluding diaryl/α,β-unsaturated/α-hetero) is 1. The molecular formula is C28H41N3O. The van der Waals surface area contributed by atoms with Gasteiger partial charge in [0.25, 0.3) is 0 Å². The molecule has 4 fully saturated rings. The van der Waals surface area contributed by atoms with Gasteiger partial charge in [-0.15, -0.1) is 0 Å². The molecule has 174 valence electrons. The number of nitrogens with zero attached hydrogens (tertiary/aromatic N) is 3. The Morgan fingerprint density at radius 3 is 2.69 bits per heavy atom. The molecule has 1 heterocycles. The van der Waals surface area contributed by atoms with Gasteiger partial charge in [0.15, 0.2) is 5.78 Å². The van der Waals surface area contributed by atoms with Gasteiger partial charge in [-0.2, -0.15) is 10.4 Å². The molecule has 1 aromatic rings. The number of fused-ring (bicyclic) bond motifs is 5. The van der Waals surface area contributed by atoms with Crippen LogP contribution in [0.4, 0.5) is 0 Å². The molecule has 0 saturated heterocycles. The normalized spacial score (nSPS) is 41.3. The van der Waals surface area contributed by atoms with Crippen molar-refractivity contribution < 1.29 is 4.79 Å². The lowest BCUT2D eigenvalue weighted by molar-refractivity contribution is -0.129. The van der Waals surface area contributed by atoms with E-state index in [1.54, 1.807) is 17.1 Å². The van der Waals surface area contributed by atoms with Crippen LogP contribution in [0.25, 0.3) is 0 Å². The third kappa shape index (κ3) is 3.46. The molecule has 5 rings (SSSR count). The molecule has 1 aromatic heterocycles. The van der Waals surface area contributed by atoms with E-state index in [0.29, 0.717) is 23.3 Å². The lowest BCUT2D eigenvalue weighted by Gasteiger charge is -2.56. The number of aromatic nitrogens is 2. The maximum absolute atomic E-state index is 13.5. The van der Waals surface area contributed by atoms with Crippen LogP contribution in [-0.4, -0.2) is 15.6 Å². The van der Waals surface area contributed by atoms with Gasteiger partial charge in [0, 0.05) is 12.6 Å². The first-order valence-electron chi connectivity index (χ1n) is 13.2. The molecule has 4 aliphatic carbocycles. The molecule has 0 N–H and O–H groups in total. The molecule has 8 atom stereocenters. The summed E-state index contributed by atoms with van der Waals surface area (Å²) in [6.45, 7) is 8.91. The summed E-state index contributed by atoms with van der Waals surface area (Å²) in [7, 11) is 0. The van der Waals surface area contributed by atoms with Crippen LogP contribution in [-0.2, 0) is 10.3 Å². The van der Waals surface area contributed by atoms with Crippen molar-refractivity contribution in [2.45, 2.75) is 97.4 Å². The molecular weight excluding hydrogens is 394 g/mol. The minimum Gasteiger partial charge on any atom is -0.297 e. The molecule has 8 unspecified atom stereocenters. The summed E-state index contributed by atoms with van der Waals surface area (Å²) in [4.78, 5) is 13.5. The Labute approximate surface area is 194 Å². The van der Waals surface area contributed by atoms with E-state index < -0.39 is 5.54 Å². The summed E-state index contributed by atoms with van der Waals surface area (Å²) in [5, 5.41) is 13.5. The summed E-state index contributed by atoms with van der Waals surface area (Å²) < 4.78 is 1.70. The average molecular weight is 436 g/mol. The Bertz CT molecular complexity index is 910. The van der Waals surface area contributed by atoms with Crippen LogP contribution in [0.1, 0.15) is 97.5 Å². The van der Waals surface area contributed by atoms with Gasteiger partial charge in [-0.25, -0.2) is 0 Å². The van der Waals surface area contributed by atoms with Gasteiger partial charge < -0.3 is 0 Å². The first kappa shape index (κ1) is 22.2. The largest absolute Gasteiger partial charge is 0.297 e. The summed E-state index contributed by atoms with van der Waals surface area (Å²) in [6, 6.07) is 2.13. The van der Waals surface area contributed by atoms with Gasteiger partial charge in [-0.05, 0) is 112 Å². The topological polar surface area (TPSA) is 58.7 Å². The fraction of sp³-hybridized carbons (Fsp3) is 0.821. The van der Waals surface area contributed by atoms with Crippen LogP contribution in [0.15, 0.2) is 12.4 Å². The van der Waals surface area contributed by atoms with E-state index in [-0.39, 0.29) is 5.78 Å². The Morgan fingerprint density at radius 2 is 1.94 bits per heavy atom. The van der Waals surface area contributed by atoms with Gasteiger partial charge in [0.1, 0.15) is 11.6 Å². The second-order valence-electron chi connectivity index (χ2n) is 12.6. The molecule has 32 heavy (non-hydrogen) atoms. The second-order valence-corrected chi connectivity index (χ2v) is 12.6. The zero-order chi connectivity index (χ0) is 22.7. The number of ketones is 1. The van der Waals surface area contributed by atoms with Crippen LogP contribution in [0.2, 0.25) is 0 Å². The average Bonchev–Trinajstić information content (AvgIpc) is 3.38. The van der Waals surface area contributed by atoms with Crippen molar-refractivity contribution in [1.29, 1.82) is 5.26 Å². The number of carbonyl (C=O) groups is 1. The van der Waals surface area contributed by atoms with Crippen LogP contribution in [0.5, 0.6) is 0 Å². The Balaban J connectivity index is 1.30. The highest BCUT2D eigenvalue weighted by Gasteiger charge is 2.57. The quantitative estimate of drug-likeness (QED) is 0.553. The van der Waals surface area contributed by atoms with Crippen LogP contribution < -0.4 is 0 Å². The molecule has 4 saturated carbocycles. The molecule has 0 bridgehead atoms. The van der Waals surface area contributed by atoms with Gasteiger partial charge in [-0.1, -0.05) is 20.3 Å². The number of rotatable bonds is 4. The van der Waals surface area contributed by atoms with Gasteiger partial charge in [0.05, 0.1) is 11.8 Å². The van der Waals surface area contributed by atoms with E-state index in [4.69, 9.17) is 5.26 Å². The van der Waals surface area contributed by atoms with Crippen molar-refractivity contribution >= 4 is 5.78 Å². The minimum atomic E-state index is -0.697. The Kier molecular flexibility index (Phi) is 5.54. The second kappa shape index (κ2) is 8.00. The SMILES string of the molecule is CC1CCC2C(CCC3C2CCC2(C)C(CC(=O)C(C)(C)n4cc(C#N)cn4)CCC32)C1. The summed E-state index contributed by atoms with van der Waals surface area (Å²) in [5.74, 6) is 6.36. The molecule has 0 aliphatic heterocycles. The van der Waals surface area contributed by atoms with E-state index in [0.717, 1.165) is 35.5 Å².